The van der Waals surface area contributed by atoms with E-state index in [4.69, 9.17) is 4.74 Å². The second-order valence-corrected chi connectivity index (χ2v) is 5.75. The molecule has 92 valence electrons. The average Bonchev–Trinajstić information content (AvgIpc) is 2.88. The van der Waals surface area contributed by atoms with Gasteiger partial charge in [0.15, 0.2) is 0 Å². The van der Waals surface area contributed by atoms with Crippen molar-refractivity contribution < 1.29 is 4.74 Å². The third-order valence-corrected chi connectivity index (χ3v) is 4.47. The maximum Gasteiger partial charge on any atom is 0.0586 e. The molecule has 3 heteroatoms. The van der Waals surface area contributed by atoms with E-state index in [0.29, 0.717) is 12.1 Å². The molecule has 0 bridgehead atoms. The molecule has 3 aliphatic rings. The smallest absolute Gasteiger partial charge is 0.0586 e. The van der Waals surface area contributed by atoms with Crippen molar-refractivity contribution in [2.45, 2.75) is 62.8 Å². The summed E-state index contributed by atoms with van der Waals surface area (Å²) in [5.74, 6) is 0. The minimum absolute atomic E-state index is 0.512. The van der Waals surface area contributed by atoms with Crippen LogP contribution in [0.15, 0.2) is 0 Å². The largest absolute Gasteiger partial charge is 0.381 e. The third-order valence-electron chi connectivity index (χ3n) is 4.47. The summed E-state index contributed by atoms with van der Waals surface area (Å²) in [5.41, 5.74) is 0. The van der Waals surface area contributed by atoms with Gasteiger partial charge in [0, 0.05) is 38.3 Å². The minimum Gasteiger partial charge on any atom is -0.381 e. The van der Waals surface area contributed by atoms with E-state index in [-0.39, 0.29) is 0 Å². The first-order valence-electron chi connectivity index (χ1n) is 6.88. The SMILES string of the molecule is COC1CCC(NC2CCN(C3CC3)C2)C1. The lowest BCUT2D eigenvalue weighted by Gasteiger charge is -2.20. The van der Waals surface area contributed by atoms with Crippen LogP contribution in [0.25, 0.3) is 0 Å². The van der Waals surface area contributed by atoms with Crippen LogP contribution in [0.4, 0.5) is 0 Å². The molecule has 1 N–H and O–H groups in total. The number of rotatable bonds is 4. The lowest BCUT2D eigenvalue weighted by atomic mass is 10.2. The Morgan fingerprint density at radius 2 is 1.94 bits per heavy atom. The van der Waals surface area contributed by atoms with Crippen LogP contribution >= 0.6 is 0 Å². The number of ether oxygens (including phenoxy) is 1. The van der Waals surface area contributed by atoms with E-state index in [1.54, 1.807) is 0 Å². The molecule has 0 spiro atoms. The van der Waals surface area contributed by atoms with Crippen LogP contribution in [0.2, 0.25) is 0 Å². The standard InChI is InChI=1S/C13H24N2O/c1-16-13-5-2-10(8-13)14-11-6-7-15(9-11)12-3-4-12/h10-14H,2-9H2,1H3. The molecule has 2 saturated carbocycles. The summed E-state index contributed by atoms with van der Waals surface area (Å²) >= 11 is 0. The number of hydrogen-bond donors (Lipinski definition) is 1. The zero-order valence-electron chi connectivity index (χ0n) is 10.3. The van der Waals surface area contributed by atoms with Gasteiger partial charge in [0.2, 0.25) is 0 Å². The number of nitrogens with one attached hydrogen (secondary N) is 1. The molecule has 1 saturated heterocycles. The van der Waals surface area contributed by atoms with Crippen molar-refractivity contribution in [3.63, 3.8) is 0 Å². The zero-order chi connectivity index (χ0) is 11.0. The third kappa shape index (κ3) is 2.41. The zero-order valence-corrected chi connectivity index (χ0v) is 10.3. The number of methoxy groups -OCH3 is 1. The normalized spacial score (nSPS) is 40.7. The summed E-state index contributed by atoms with van der Waals surface area (Å²) in [6, 6.07) is 2.41. The van der Waals surface area contributed by atoms with Crippen LogP contribution in [0.1, 0.15) is 38.5 Å². The fourth-order valence-electron chi connectivity index (χ4n) is 3.33. The molecular weight excluding hydrogens is 200 g/mol. The van der Waals surface area contributed by atoms with Crippen LogP contribution in [-0.2, 0) is 4.74 Å². The van der Waals surface area contributed by atoms with Gasteiger partial charge in [-0.25, -0.2) is 0 Å². The highest BCUT2D eigenvalue weighted by Gasteiger charge is 2.35. The highest BCUT2D eigenvalue weighted by molar-refractivity contribution is 4.94. The molecule has 3 fully saturated rings. The predicted molar refractivity (Wildman–Crippen MR) is 64.6 cm³/mol. The topological polar surface area (TPSA) is 24.5 Å². The van der Waals surface area contributed by atoms with Crippen molar-refractivity contribution in [2.24, 2.45) is 0 Å². The lowest BCUT2D eigenvalue weighted by molar-refractivity contribution is 0.106. The van der Waals surface area contributed by atoms with Crippen molar-refractivity contribution in [3.8, 4) is 0 Å². The molecule has 0 aromatic heterocycles. The monoisotopic (exact) mass is 224 g/mol. The second-order valence-electron chi connectivity index (χ2n) is 5.75. The fourth-order valence-corrected chi connectivity index (χ4v) is 3.33. The van der Waals surface area contributed by atoms with Gasteiger partial charge in [-0.2, -0.15) is 0 Å². The van der Waals surface area contributed by atoms with Crippen LogP contribution < -0.4 is 5.32 Å². The van der Waals surface area contributed by atoms with E-state index in [1.165, 1.54) is 51.6 Å². The molecule has 3 atom stereocenters. The van der Waals surface area contributed by atoms with Gasteiger partial charge in [-0.15, -0.1) is 0 Å². The molecule has 3 nitrogen and oxygen atoms in total. The van der Waals surface area contributed by atoms with E-state index >= 15 is 0 Å². The van der Waals surface area contributed by atoms with Gasteiger partial charge >= 0.3 is 0 Å². The Kier molecular flexibility index (Phi) is 3.18. The van der Waals surface area contributed by atoms with Gasteiger partial charge in [0.05, 0.1) is 6.10 Å². The molecular formula is C13H24N2O. The van der Waals surface area contributed by atoms with Gasteiger partial charge < -0.3 is 10.1 Å². The molecule has 1 heterocycles. The maximum absolute atomic E-state index is 5.42. The van der Waals surface area contributed by atoms with E-state index in [0.717, 1.165) is 12.1 Å². The summed E-state index contributed by atoms with van der Waals surface area (Å²) in [6.45, 7) is 2.61. The molecule has 1 aliphatic heterocycles. The molecule has 0 radical (unpaired) electrons. The Morgan fingerprint density at radius 1 is 1.06 bits per heavy atom. The highest BCUT2D eigenvalue weighted by Crippen LogP contribution is 2.30. The molecule has 16 heavy (non-hydrogen) atoms. The van der Waals surface area contributed by atoms with Gasteiger partial charge in [-0.1, -0.05) is 0 Å². The first kappa shape index (κ1) is 11.0. The molecule has 3 rings (SSSR count). The summed E-state index contributed by atoms with van der Waals surface area (Å²) in [7, 11) is 1.84. The first-order valence-corrected chi connectivity index (χ1v) is 6.88. The van der Waals surface area contributed by atoms with E-state index < -0.39 is 0 Å². The van der Waals surface area contributed by atoms with Gasteiger partial charge in [0.1, 0.15) is 0 Å². The Morgan fingerprint density at radius 3 is 2.62 bits per heavy atom. The molecule has 0 amide bonds. The lowest BCUT2D eigenvalue weighted by Crippen LogP contribution is -2.39. The number of nitrogens with zero attached hydrogens (tertiary/aromatic N) is 1. The Hall–Kier alpha value is -0.120. The summed E-state index contributed by atoms with van der Waals surface area (Å²) in [6.07, 6.45) is 8.52. The quantitative estimate of drug-likeness (QED) is 0.781. The summed E-state index contributed by atoms with van der Waals surface area (Å²) in [5, 5.41) is 3.83. The second kappa shape index (κ2) is 4.63. The minimum atomic E-state index is 0.512. The molecule has 0 aromatic rings. The van der Waals surface area contributed by atoms with E-state index in [9.17, 15) is 0 Å². The Labute approximate surface area is 98.5 Å². The average molecular weight is 224 g/mol. The first-order chi connectivity index (χ1) is 7.85. The van der Waals surface area contributed by atoms with Gasteiger partial charge in [-0.05, 0) is 38.5 Å². The number of likely N-dealkylation sites (tertiary alicyclic amines) is 1. The van der Waals surface area contributed by atoms with Crippen molar-refractivity contribution in [1.29, 1.82) is 0 Å². The van der Waals surface area contributed by atoms with E-state index in [1.807, 2.05) is 7.11 Å². The predicted octanol–water partition coefficient (Wildman–Crippen LogP) is 1.38. The van der Waals surface area contributed by atoms with Crippen molar-refractivity contribution in [3.05, 3.63) is 0 Å². The maximum atomic E-state index is 5.42. The summed E-state index contributed by atoms with van der Waals surface area (Å²) < 4.78 is 5.42. The Bertz CT molecular complexity index is 242. The Balaban J connectivity index is 1.42. The van der Waals surface area contributed by atoms with Crippen molar-refractivity contribution >= 4 is 0 Å². The van der Waals surface area contributed by atoms with Crippen molar-refractivity contribution in [2.75, 3.05) is 20.2 Å². The van der Waals surface area contributed by atoms with Crippen LogP contribution in [0, 0.1) is 0 Å². The fraction of sp³-hybridized carbons (Fsp3) is 1.00. The molecule has 0 aromatic carbocycles. The molecule has 3 unspecified atom stereocenters. The van der Waals surface area contributed by atoms with E-state index in [2.05, 4.69) is 10.2 Å². The highest BCUT2D eigenvalue weighted by atomic mass is 16.5. The number of hydrogen-bond acceptors (Lipinski definition) is 3. The summed E-state index contributed by atoms with van der Waals surface area (Å²) in [4.78, 5) is 2.68. The van der Waals surface area contributed by atoms with Gasteiger partial charge in [-0.3, -0.25) is 4.90 Å². The van der Waals surface area contributed by atoms with Crippen LogP contribution in [0.3, 0.4) is 0 Å². The van der Waals surface area contributed by atoms with Crippen LogP contribution in [0.5, 0.6) is 0 Å². The van der Waals surface area contributed by atoms with Gasteiger partial charge in [0.25, 0.3) is 0 Å². The van der Waals surface area contributed by atoms with Crippen molar-refractivity contribution in [1.82, 2.24) is 10.2 Å². The molecule has 2 aliphatic carbocycles. The van der Waals surface area contributed by atoms with Crippen LogP contribution in [-0.4, -0.2) is 49.3 Å².